The number of fused-ring (bicyclic) bond motifs is 3. The Balaban J connectivity index is 1.86. The molecule has 0 spiro atoms. The van der Waals surface area contributed by atoms with E-state index >= 15 is 0 Å². The number of epoxide rings is 1. The molecule has 128 valence electrons. The first-order valence-corrected chi connectivity index (χ1v) is 7.85. The van der Waals surface area contributed by atoms with Crippen molar-refractivity contribution < 1.29 is 33.3 Å². The Morgan fingerprint density at radius 3 is 2.33 bits per heavy atom. The minimum absolute atomic E-state index is 0.228. The molecule has 1 aliphatic carbocycles. The molecule has 0 aromatic carbocycles. The molecule has 0 aromatic heterocycles. The molecule has 0 radical (unpaired) electrons. The van der Waals surface area contributed by atoms with E-state index in [0.717, 1.165) is 0 Å². The molecule has 3 heterocycles. The van der Waals surface area contributed by atoms with Crippen LogP contribution in [0.15, 0.2) is 24.3 Å². The van der Waals surface area contributed by atoms with Gasteiger partial charge in [0.05, 0.1) is 18.6 Å². The standard InChI is InChI=1S/C17H18O7/c1-6-10-12-11(7(2)16(20)23-12)17(4,9-5-21-9)14(22-8(3)18)13(10)24-15(6)19/h9-14H,1-2,5H2,3-4H3/t9-,10-,11-,12-,13-,14-,17-/m0/s1. The lowest BCUT2D eigenvalue weighted by Crippen LogP contribution is -2.62. The van der Waals surface area contributed by atoms with Crippen molar-refractivity contribution in [3.05, 3.63) is 24.3 Å². The summed E-state index contributed by atoms with van der Waals surface area (Å²) in [5.41, 5.74) is -0.236. The number of rotatable bonds is 2. The Bertz CT molecular complexity index is 691. The molecule has 4 rings (SSSR count). The molecule has 0 aromatic rings. The zero-order valence-electron chi connectivity index (χ0n) is 13.4. The SMILES string of the molecule is C=C1C(=O)O[C@H]2[C@@H]1[C@@H]1OC(=O)C(=C)[C@@H]1[C@](C)([C@@H]1CO1)[C@H]2OC(C)=O. The molecule has 0 unspecified atom stereocenters. The Labute approximate surface area is 138 Å². The fourth-order valence-corrected chi connectivity index (χ4v) is 4.54. The molecule has 0 bridgehead atoms. The quantitative estimate of drug-likeness (QED) is 0.315. The van der Waals surface area contributed by atoms with Crippen LogP contribution in [0, 0.1) is 17.3 Å². The van der Waals surface area contributed by atoms with Gasteiger partial charge in [0.2, 0.25) is 0 Å². The largest absolute Gasteiger partial charge is 0.458 e. The van der Waals surface area contributed by atoms with Crippen LogP contribution >= 0.6 is 0 Å². The molecule has 0 amide bonds. The summed E-state index contributed by atoms with van der Waals surface area (Å²) in [4.78, 5) is 35.9. The normalized spacial score (nSPS) is 46.1. The van der Waals surface area contributed by atoms with Gasteiger partial charge in [0.1, 0.15) is 12.2 Å². The average Bonchev–Trinajstić information content (AvgIpc) is 3.26. The molecular weight excluding hydrogens is 316 g/mol. The van der Waals surface area contributed by atoms with Crippen molar-refractivity contribution in [2.24, 2.45) is 17.3 Å². The van der Waals surface area contributed by atoms with Crippen LogP contribution in [0.5, 0.6) is 0 Å². The summed E-state index contributed by atoms with van der Waals surface area (Å²) in [6.45, 7) is 11.3. The third-order valence-electron chi connectivity index (χ3n) is 5.73. The van der Waals surface area contributed by atoms with Crippen molar-refractivity contribution in [2.45, 2.75) is 38.3 Å². The van der Waals surface area contributed by atoms with E-state index in [-0.39, 0.29) is 11.7 Å². The van der Waals surface area contributed by atoms with Crippen molar-refractivity contribution in [3.63, 3.8) is 0 Å². The fraction of sp³-hybridized carbons (Fsp3) is 0.588. The molecule has 3 saturated heterocycles. The van der Waals surface area contributed by atoms with Gasteiger partial charge >= 0.3 is 17.9 Å². The van der Waals surface area contributed by atoms with E-state index in [4.69, 9.17) is 18.9 Å². The van der Waals surface area contributed by atoms with Gasteiger partial charge in [-0.3, -0.25) is 4.79 Å². The second-order valence-corrected chi connectivity index (χ2v) is 7.01. The summed E-state index contributed by atoms with van der Waals surface area (Å²) >= 11 is 0. The number of carbonyl (C=O) groups is 3. The summed E-state index contributed by atoms with van der Waals surface area (Å²) in [5, 5.41) is 0. The van der Waals surface area contributed by atoms with Crippen LogP contribution in [-0.2, 0) is 33.3 Å². The Hall–Kier alpha value is -2.15. The van der Waals surface area contributed by atoms with Gasteiger partial charge in [0.15, 0.2) is 6.10 Å². The van der Waals surface area contributed by atoms with Crippen LogP contribution in [-0.4, -0.2) is 48.9 Å². The van der Waals surface area contributed by atoms with E-state index in [1.807, 2.05) is 6.92 Å². The van der Waals surface area contributed by atoms with Crippen LogP contribution in [0.2, 0.25) is 0 Å². The molecule has 7 nitrogen and oxygen atoms in total. The molecule has 24 heavy (non-hydrogen) atoms. The number of carbonyl (C=O) groups excluding carboxylic acids is 3. The number of hydrogen-bond acceptors (Lipinski definition) is 7. The van der Waals surface area contributed by atoms with Gasteiger partial charge in [-0.15, -0.1) is 0 Å². The molecule has 7 heteroatoms. The van der Waals surface area contributed by atoms with Gasteiger partial charge in [0, 0.05) is 29.4 Å². The van der Waals surface area contributed by atoms with Gasteiger partial charge in [-0.05, 0) is 0 Å². The summed E-state index contributed by atoms with van der Waals surface area (Å²) in [7, 11) is 0. The Morgan fingerprint density at radius 1 is 1.17 bits per heavy atom. The van der Waals surface area contributed by atoms with Gasteiger partial charge < -0.3 is 18.9 Å². The summed E-state index contributed by atoms with van der Waals surface area (Å²) < 4.78 is 22.0. The zero-order chi connectivity index (χ0) is 17.4. The maximum absolute atomic E-state index is 12.2. The maximum atomic E-state index is 12.2. The minimum atomic E-state index is -0.772. The first-order chi connectivity index (χ1) is 11.3. The number of ether oxygens (including phenoxy) is 4. The minimum Gasteiger partial charge on any atom is -0.458 e. The van der Waals surface area contributed by atoms with E-state index in [1.54, 1.807) is 0 Å². The average molecular weight is 334 g/mol. The smallest absolute Gasteiger partial charge is 0.334 e. The van der Waals surface area contributed by atoms with Crippen LogP contribution < -0.4 is 0 Å². The van der Waals surface area contributed by atoms with Gasteiger partial charge in [-0.25, -0.2) is 9.59 Å². The Kier molecular flexibility index (Phi) is 3.01. The fourth-order valence-electron chi connectivity index (χ4n) is 4.54. The highest BCUT2D eigenvalue weighted by atomic mass is 16.6. The van der Waals surface area contributed by atoms with Crippen molar-refractivity contribution in [2.75, 3.05) is 6.61 Å². The number of esters is 3. The highest BCUT2D eigenvalue weighted by Crippen LogP contribution is 2.60. The maximum Gasteiger partial charge on any atom is 0.334 e. The van der Waals surface area contributed by atoms with E-state index < -0.39 is 53.5 Å². The van der Waals surface area contributed by atoms with E-state index in [0.29, 0.717) is 12.2 Å². The molecule has 3 aliphatic heterocycles. The highest BCUT2D eigenvalue weighted by Gasteiger charge is 2.72. The predicted molar refractivity (Wildman–Crippen MR) is 78.4 cm³/mol. The molecule has 7 atom stereocenters. The third kappa shape index (κ3) is 1.79. The van der Waals surface area contributed by atoms with Gasteiger partial charge in [-0.2, -0.15) is 0 Å². The van der Waals surface area contributed by atoms with Gasteiger partial charge in [0.25, 0.3) is 0 Å². The van der Waals surface area contributed by atoms with E-state index in [1.165, 1.54) is 6.92 Å². The van der Waals surface area contributed by atoms with Crippen molar-refractivity contribution in [1.29, 1.82) is 0 Å². The van der Waals surface area contributed by atoms with Crippen LogP contribution in [0.4, 0.5) is 0 Å². The van der Waals surface area contributed by atoms with E-state index in [2.05, 4.69) is 13.2 Å². The van der Waals surface area contributed by atoms with Crippen molar-refractivity contribution in [1.82, 2.24) is 0 Å². The second kappa shape index (κ2) is 4.69. The molecule has 1 saturated carbocycles. The lowest BCUT2D eigenvalue weighted by Gasteiger charge is -2.49. The first kappa shape index (κ1) is 15.4. The Morgan fingerprint density at radius 2 is 1.75 bits per heavy atom. The topological polar surface area (TPSA) is 91.4 Å². The highest BCUT2D eigenvalue weighted by molar-refractivity contribution is 5.94. The molecular formula is C17H18O7. The summed E-state index contributed by atoms with van der Waals surface area (Å²) in [6.07, 6.45) is -2.35. The lowest BCUT2D eigenvalue weighted by molar-refractivity contribution is -0.200. The molecule has 0 N–H and O–H groups in total. The van der Waals surface area contributed by atoms with E-state index in [9.17, 15) is 14.4 Å². The third-order valence-corrected chi connectivity index (χ3v) is 5.73. The zero-order valence-corrected chi connectivity index (χ0v) is 13.4. The molecule has 4 aliphatic rings. The second-order valence-electron chi connectivity index (χ2n) is 7.01. The van der Waals surface area contributed by atoms with Gasteiger partial charge in [-0.1, -0.05) is 20.1 Å². The van der Waals surface area contributed by atoms with Crippen LogP contribution in [0.3, 0.4) is 0 Å². The lowest BCUT2D eigenvalue weighted by atomic mass is 9.56. The van der Waals surface area contributed by atoms with Crippen molar-refractivity contribution in [3.8, 4) is 0 Å². The van der Waals surface area contributed by atoms with Crippen LogP contribution in [0.1, 0.15) is 13.8 Å². The summed E-state index contributed by atoms with van der Waals surface area (Å²) in [6, 6.07) is 0. The van der Waals surface area contributed by atoms with Crippen molar-refractivity contribution >= 4 is 17.9 Å². The predicted octanol–water partition coefficient (Wildman–Crippen LogP) is 0.532. The van der Waals surface area contributed by atoms with Crippen LogP contribution in [0.25, 0.3) is 0 Å². The monoisotopic (exact) mass is 334 g/mol. The first-order valence-electron chi connectivity index (χ1n) is 7.85. The number of hydrogen-bond donors (Lipinski definition) is 0. The molecule has 4 fully saturated rings. The summed E-state index contributed by atoms with van der Waals surface area (Å²) in [5.74, 6) is -2.55.